The standard InChI is InChI=1S/C15H21NO2/c1-12(2)13-4-3-5-14(10-13)15(17)11-16-6-8-18-9-7-16/h3-5,10,12H,6-9,11H2,1-2H3. The molecule has 0 spiro atoms. The Balaban J connectivity index is 2.01. The van der Waals surface area contributed by atoms with Gasteiger partial charge in [-0.1, -0.05) is 32.0 Å². The van der Waals surface area contributed by atoms with Crippen LogP contribution in [0.25, 0.3) is 0 Å². The van der Waals surface area contributed by atoms with Crippen LogP contribution < -0.4 is 0 Å². The van der Waals surface area contributed by atoms with E-state index in [1.165, 1.54) is 5.56 Å². The molecule has 1 saturated heterocycles. The van der Waals surface area contributed by atoms with Gasteiger partial charge in [-0.25, -0.2) is 0 Å². The number of hydrogen-bond donors (Lipinski definition) is 0. The van der Waals surface area contributed by atoms with Crippen molar-refractivity contribution in [3.63, 3.8) is 0 Å². The lowest BCUT2D eigenvalue weighted by Crippen LogP contribution is -2.39. The first kappa shape index (κ1) is 13.2. The minimum absolute atomic E-state index is 0.208. The van der Waals surface area contributed by atoms with Crippen molar-refractivity contribution in [1.82, 2.24) is 4.90 Å². The Morgan fingerprint density at radius 1 is 1.33 bits per heavy atom. The van der Waals surface area contributed by atoms with Crippen molar-refractivity contribution in [2.75, 3.05) is 32.8 Å². The molecule has 1 aromatic rings. The van der Waals surface area contributed by atoms with E-state index in [4.69, 9.17) is 4.74 Å². The quantitative estimate of drug-likeness (QED) is 0.765. The molecule has 1 aromatic carbocycles. The molecule has 3 heteroatoms. The van der Waals surface area contributed by atoms with Crippen LogP contribution in [0.4, 0.5) is 0 Å². The van der Waals surface area contributed by atoms with Crippen LogP contribution in [0.15, 0.2) is 24.3 Å². The lowest BCUT2D eigenvalue weighted by molar-refractivity contribution is 0.0371. The minimum Gasteiger partial charge on any atom is -0.379 e. The maximum absolute atomic E-state index is 12.2. The number of carbonyl (C=O) groups is 1. The number of nitrogens with zero attached hydrogens (tertiary/aromatic N) is 1. The third kappa shape index (κ3) is 3.40. The van der Waals surface area contributed by atoms with Crippen molar-refractivity contribution in [3.8, 4) is 0 Å². The Bertz CT molecular complexity index is 409. The van der Waals surface area contributed by atoms with Crippen LogP contribution in [-0.4, -0.2) is 43.5 Å². The normalized spacial score (nSPS) is 17.1. The van der Waals surface area contributed by atoms with Gasteiger partial charge in [-0.3, -0.25) is 9.69 Å². The molecule has 0 amide bonds. The first-order chi connectivity index (χ1) is 8.66. The van der Waals surface area contributed by atoms with E-state index in [1.807, 2.05) is 18.2 Å². The highest BCUT2D eigenvalue weighted by atomic mass is 16.5. The van der Waals surface area contributed by atoms with Gasteiger partial charge < -0.3 is 4.74 Å². The summed E-state index contributed by atoms with van der Waals surface area (Å²) < 4.78 is 5.28. The summed E-state index contributed by atoms with van der Waals surface area (Å²) in [4.78, 5) is 14.4. The van der Waals surface area contributed by atoms with Gasteiger partial charge in [0.15, 0.2) is 5.78 Å². The number of rotatable bonds is 4. The van der Waals surface area contributed by atoms with E-state index >= 15 is 0 Å². The molecular weight excluding hydrogens is 226 g/mol. The molecule has 0 aromatic heterocycles. The Morgan fingerprint density at radius 3 is 2.72 bits per heavy atom. The molecule has 1 heterocycles. The van der Waals surface area contributed by atoms with Crippen LogP contribution in [0.1, 0.15) is 35.7 Å². The molecule has 0 aliphatic carbocycles. The van der Waals surface area contributed by atoms with Crippen LogP contribution in [-0.2, 0) is 4.74 Å². The summed E-state index contributed by atoms with van der Waals surface area (Å²) in [6.07, 6.45) is 0. The maximum Gasteiger partial charge on any atom is 0.176 e. The number of ketones is 1. The number of morpholine rings is 1. The number of benzene rings is 1. The topological polar surface area (TPSA) is 29.5 Å². The van der Waals surface area contributed by atoms with E-state index in [2.05, 4.69) is 24.8 Å². The fourth-order valence-corrected chi connectivity index (χ4v) is 2.12. The first-order valence-electron chi connectivity index (χ1n) is 6.60. The van der Waals surface area contributed by atoms with Crippen LogP contribution in [0.2, 0.25) is 0 Å². The van der Waals surface area contributed by atoms with Gasteiger partial charge in [-0.2, -0.15) is 0 Å². The number of Topliss-reactive ketones (excluding diaryl/α,β-unsaturated/α-hetero) is 1. The summed E-state index contributed by atoms with van der Waals surface area (Å²) in [5.74, 6) is 0.667. The lowest BCUT2D eigenvalue weighted by atomic mass is 9.99. The molecule has 98 valence electrons. The Labute approximate surface area is 109 Å². The molecule has 1 fully saturated rings. The second-order valence-corrected chi connectivity index (χ2v) is 5.09. The molecular formula is C15H21NO2. The molecule has 0 N–H and O–H groups in total. The largest absolute Gasteiger partial charge is 0.379 e. The van der Waals surface area contributed by atoms with E-state index in [9.17, 15) is 4.79 Å². The van der Waals surface area contributed by atoms with E-state index in [0.717, 1.165) is 31.9 Å². The van der Waals surface area contributed by atoms with Crippen LogP contribution >= 0.6 is 0 Å². The minimum atomic E-state index is 0.208. The maximum atomic E-state index is 12.2. The Kier molecular flexibility index (Phi) is 4.50. The van der Waals surface area contributed by atoms with Crippen LogP contribution in [0.5, 0.6) is 0 Å². The lowest BCUT2D eigenvalue weighted by Gasteiger charge is -2.25. The molecule has 3 nitrogen and oxygen atoms in total. The molecule has 0 atom stereocenters. The fraction of sp³-hybridized carbons (Fsp3) is 0.533. The molecule has 18 heavy (non-hydrogen) atoms. The van der Waals surface area contributed by atoms with Gasteiger partial charge in [0.05, 0.1) is 19.8 Å². The van der Waals surface area contributed by atoms with Crippen molar-refractivity contribution in [1.29, 1.82) is 0 Å². The average Bonchev–Trinajstić information content (AvgIpc) is 2.40. The van der Waals surface area contributed by atoms with E-state index in [1.54, 1.807) is 0 Å². The summed E-state index contributed by atoms with van der Waals surface area (Å²) in [5.41, 5.74) is 2.05. The predicted octanol–water partition coefficient (Wildman–Crippen LogP) is 2.32. The zero-order chi connectivity index (χ0) is 13.0. The van der Waals surface area contributed by atoms with Crippen molar-refractivity contribution in [2.45, 2.75) is 19.8 Å². The third-order valence-electron chi connectivity index (χ3n) is 3.35. The SMILES string of the molecule is CC(C)c1cccc(C(=O)CN2CCOCC2)c1. The fourth-order valence-electron chi connectivity index (χ4n) is 2.12. The summed E-state index contributed by atoms with van der Waals surface area (Å²) in [6, 6.07) is 7.99. The first-order valence-corrected chi connectivity index (χ1v) is 6.60. The molecule has 0 unspecified atom stereocenters. The highest BCUT2D eigenvalue weighted by molar-refractivity contribution is 5.97. The number of hydrogen-bond acceptors (Lipinski definition) is 3. The van der Waals surface area contributed by atoms with Crippen LogP contribution in [0, 0.1) is 0 Å². The zero-order valence-corrected chi connectivity index (χ0v) is 11.2. The van der Waals surface area contributed by atoms with E-state index in [-0.39, 0.29) is 5.78 Å². The average molecular weight is 247 g/mol. The molecule has 1 aliphatic rings. The molecule has 0 bridgehead atoms. The highest BCUT2D eigenvalue weighted by Crippen LogP contribution is 2.16. The smallest absolute Gasteiger partial charge is 0.176 e. The monoisotopic (exact) mass is 247 g/mol. The number of ether oxygens (including phenoxy) is 1. The zero-order valence-electron chi connectivity index (χ0n) is 11.2. The summed E-state index contributed by atoms with van der Waals surface area (Å²) >= 11 is 0. The Hall–Kier alpha value is -1.19. The number of carbonyl (C=O) groups excluding carboxylic acids is 1. The van der Waals surface area contributed by atoms with Crippen molar-refractivity contribution in [2.24, 2.45) is 0 Å². The molecule has 1 aliphatic heterocycles. The highest BCUT2D eigenvalue weighted by Gasteiger charge is 2.15. The van der Waals surface area contributed by atoms with Crippen molar-refractivity contribution >= 4 is 5.78 Å². The summed E-state index contributed by atoms with van der Waals surface area (Å²) in [7, 11) is 0. The summed E-state index contributed by atoms with van der Waals surface area (Å²) in [5, 5.41) is 0. The van der Waals surface area contributed by atoms with Crippen molar-refractivity contribution < 1.29 is 9.53 Å². The molecule has 2 rings (SSSR count). The predicted molar refractivity (Wildman–Crippen MR) is 72.1 cm³/mol. The molecule has 0 radical (unpaired) electrons. The molecule has 0 saturated carbocycles. The second kappa shape index (κ2) is 6.12. The second-order valence-electron chi connectivity index (χ2n) is 5.09. The van der Waals surface area contributed by atoms with Crippen molar-refractivity contribution in [3.05, 3.63) is 35.4 Å². The Morgan fingerprint density at radius 2 is 2.06 bits per heavy atom. The van der Waals surface area contributed by atoms with Gasteiger partial charge in [-0.15, -0.1) is 0 Å². The van der Waals surface area contributed by atoms with E-state index < -0.39 is 0 Å². The van der Waals surface area contributed by atoms with Gasteiger partial charge in [0, 0.05) is 18.7 Å². The summed E-state index contributed by atoms with van der Waals surface area (Å²) in [6.45, 7) is 7.98. The van der Waals surface area contributed by atoms with Gasteiger partial charge in [0.2, 0.25) is 0 Å². The van der Waals surface area contributed by atoms with Gasteiger partial charge >= 0.3 is 0 Å². The van der Waals surface area contributed by atoms with Gasteiger partial charge in [0.1, 0.15) is 0 Å². The van der Waals surface area contributed by atoms with Crippen LogP contribution in [0.3, 0.4) is 0 Å². The van der Waals surface area contributed by atoms with E-state index in [0.29, 0.717) is 12.5 Å². The van der Waals surface area contributed by atoms with Gasteiger partial charge in [0.25, 0.3) is 0 Å². The third-order valence-corrected chi connectivity index (χ3v) is 3.35. The van der Waals surface area contributed by atoms with Gasteiger partial charge in [-0.05, 0) is 17.5 Å².